The first-order valence-corrected chi connectivity index (χ1v) is 26.6. The number of nitro groups is 1. The second-order valence-corrected chi connectivity index (χ2v) is 23.6. The summed E-state index contributed by atoms with van der Waals surface area (Å²) in [6.07, 6.45) is 5.78. The number of nitrogens with zero attached hydrogens (tertiary/aromatic N) is 6. The van der Waals surface area contributed by atoms with Crippen molar-refractivity contribution in [2.75, 3.05) is 75.9 Å². The smallest absolute Gasteiger partial charge is 0.441 e. The van der Waals surface area contributed by atoms with E-state index in [1.807, 2.05) is 25.1 Å². The summed E-state index contributed by atoms with van der Waals surface area (Å²) in [5, 5.41) is 13.8. The number of hydrogen-bond acceptors (Lipinski definition) is 13. The number of methoxy groups -OCH3 is 1. The van der Waals surface area contributed by atoms with Gasteiger partial charge in [0.25, 0.3) is 21.6 Å². The number of piperazine rings is 1. The van der Waals surface area contributed by atoms with E-state index in [9.17, 15) is 32.3 Å². The summed E-state index contributed by atoms with van der Waals surface area (Å²) < 4.78 is 57.3. The van der Waals surface area contributed by atoms with Crippen molar-refractivity contribution in [2.24, 2.45) is 15.7 Å². The summed E-state index contributed by atoms with van der Waals surface area (Å²) in [6.45, 7) is 11.8. The summed E-state index contributed by atoms with van der Waals surface area (Å²) in [4.78, 5) is 51.1. The van der Waals surface area contributed by atoms with Gasteiger partial charge in [-0.3, -0.25) is 19.8 Å². The molecule has 0 spiro atoms. The number of allylic oxidation sites excluding steroid dienone is 1. The number of carbonyl (C=O) groups is 2. The van der Waals surface area contributed by atoms with Crippen molar-refractivity contribution in [3.05, 3.63) is 123 Å². The number of sulfonamides is 1. The predicted molar refractivity (Wildman–Crippen MR) is 267 cm³/mol. The third kappa shape index (κ3) is 12.1. The van der Waals surface area contributed by atoms with Gasteiger partial charge in [-0.25, -0.2) is 27.1 Å². The first kappa shape index (κ1) is 49.6. The van der Waals surface area contributed by atoms with Gasteiger partial charge in [0, 0.05) is 104 Å². The van der Waals surface area contributed by atoms with Crippen LogP contribution in [0.25, 0.3) is 16.6 Å². The molecule has 2 N–H and O–H groups in total. The van der Waals surface area contributed by atoms with Gasteiger partial charge in [0.2, 0.25) is 0 Å². The highest BCUT2D eigenvalue weighted by Crippen LogP contribution is 2.43. The molecule has 2 saturated heterocycles. The molecule has 0 bridgehead atoms. The van der Waals surface area contributed by atoms with E-state index in [2.05, 4.69) is 64.5 Å². The van der Waals surface area contributed by atoms with E-state index < -0.39 is 47.3 Å². The van der Waals surface area contributed by atoms with Gasteiger partial charge in [0.15, 0.2) is 0 Å². The molecule has 1 aliphatic carbocycles. The van der Waals surface area contributed by atoms with E-state index in [-0.39, 0.29) is 40.6 Å². The highest BCUT2D eigenvalue weighted by molar-refractivity contribution is 7.94. The lowest BCUT2D eigenvalue weighted by molar-refractivity contribution is -0.385. The average Bonchev–Trinajstić information content (AvgIpc) is 3.79. The molecule has 2 fully saturated rings. The summed E-state index contributed by atoms with van der Waals surface area (Å²) in [6, 6.07) is 20.4. The van der Waals surface area contributed by atoms with Gasteiger partial charge >= 0.3 is 6.09 Å². The fourth-order valence-corrected chi connectivity index (χ4v) is 12.3. The second-order valence-electron chi connectivity index (χ2n) is 18.9. The molecule has 2 aliphatic heterocycles. The maximum atomic E-state index is 14.0. The van der Waals surface area contributed by atoms with Crippen molar-refractivity contribution >= 4 is 71.3 Å². The van der Waals surface area contributed by atoms with Gasteiger partial charge in [0.05, 0.1) is 38.4 Å². The van der Waals surface area contributed by atoms with Crippen molar-refractivity contribution in [3.63, 3.8) is 0 Å². The molecule has 0 unspecified atom stereocenters. The number of fused-ring (bicyclic) bond motifs is 1. The minimum Gasteiger partial charge on any atom is -0.455 e. The molecule has 366 valence electrons. The quantitative estimate of drug-likeness (QED) is 0.0790. The summed E-state index contributed by atoms with van der Waals surface area (Å²) >= 11 is 6.25. The molecule has 5 aromatic rings. The minimum absolute atomic E-state index is 0.0653. The van der Waals surface area contributed by atoms with Crippen molar-refractivity contribution in [2.45, 2.75) is 51.3 Å². The topological polar surface area (TPSA) is 210 Å². The van der Waals surface area contributed by atoms with E-state index in [4.69, 9.17) is 16.3 Å². The Morgan fingerprint density at radius 2 is 1.74 bits per heavy atom. The lowest BCUT2D eigenvalue weighted by Crippen LogP contribution is -2.47. The van der Waals surface area contributed by atoms with E-state index in [0.717, 1.165) is 61.1 Å². The maximum Gasteiger partial charge on any atom is 0.441 e. The Balaban J connectivity index is 0.970. The zero-order valence-corrected chi connectivity index (χ0v) is 41.5. The molecule has 17 nitrogen and oxygen atoms in total. The lowest BCUT2D eigenvalue weighted by atomic mass is 9.72. The van der Waals surface area contributed by atoms with E-state index in [1.54, 1.807) is 24.4 Å². The van der Waals surface area contributed by atoms with Crippen LogP contribution in [0.2, 0.25) is 5.02 Å². The van der Waals surface area contributed by atoms with E-state index in [1.165, 1.54) is 48.2 Å². The van der Waals surface area contributed by atoms with Gasteiger partial charge in [-0.15, -0.1) is 4.36 Å². The normalized spacial score (nSPS) is 18.1. The monoisotopic (exact) mass is 1000 g/mol. The van der Waals surface area contributed by atoms with Crippen LogP contribution < -0.4 is 14.4 Å². The highest BCUT2D eigenvalue weighted by Gasteiger charge is 2.31. The SMILES string of the molecule is COC(=O)N=S1(=O)CCN(C[C@H](C)Cc2ccc(S(=O)(=O)NC(=O)c3ccc(N4CCN(CC5=C(c6ccc(Cl)cc6)CC(C)(C)CC5)CC4)cc3Oc3cnc4[nH]ccc4c3)cc2[N+](=O)[O-])CC1. The number of carbonyl (C=O) groups excluding carboxylic acids is 2. The van der Waals surface area contributed by atoms with Crippen molar-refractivity contribution in [3.8, 4) is 11.5 Å². The van der Waals surface area contributed by atoms with Crippen LogP contribution >= 0.6 is 11.6 Å². The fraction of sp³-hybridized carbons (Fsp3) is 0.408. The first-order chi connectivity index (χ1) is 32.9. The number of aromatic amines is 1. The second kappa shape index (κ2) is 20.6. The Morgan fingerprint density at radius 1 is 1.00 bits per heavy atom. The van der Waals surface area contributed by atoms with Gasteiger partial charge in [-0.2, -0.15) is 0 Å². The fourth-order valence-electron chi connectivity index (χ4n) is 9.35. The first-order valence-electron chi connectivity index (χ1n) is 22.9. The van der Waals surface area contributed by atoms with Crippen molar-refractivity contribution in [1.82, 2.24) is 24.5 Å². The van der Waals surface area contributed by atoms with Crippen LogP contribution in [-0.4, -0.2) is 120 Å². The molecule has 2 aromatic heterocycles. The number of benzene rings is 3. The average molecular weight is 1000 g/mol. The van der Waals surface area contributed by atoms with Crippen LogP contribution in [0.1, 0.15) is 61.5 Å². The third-order valence-corrected chi connectivity index (χ3v) is 16.8. The number of amides is 2. The molecule has 3 aromatic carbocycles. The van der Waals surface area contributed by atoms with Gasteiger partial charge < -0.3 is 24.3 Å². The minimum atomic E-state index is -4.62. The molecule has 20 heteroatoms. The van der Waals surface area contributed by atoms with Crippen LogP contribution in [-0.2, 0) is 30.9 Å². The summed E-state index contributed by atoms with van der Waals surface area (Å²) in [5.74, 6) is -0.287. The van der Waals surface area contributed by atoms with E-state index >= 15 is 0 Å². The molecule has 3 aliphatic rings. The number of aromatic nitrogens is 2. The number of ether oxygens (including phenoxy) is 2. The molecular weight excluding hydrogens is 944 g/mol. The highest BCUT2D eigenvalue weighted by atomic mass is 35.5. The Hall–Kier alpha value is -5.86. The van der Waals surface area contributed by atoms with Crippen LogP contribution in [0.4, 0.5) is 16.2 Å². The van der Waals surface area contributed by atoms with Crippen LogP contribution in [0.15, 0.2) is 100 Å². The molecule has 2 amide bonds. The zero-order chi connectivity index (χ0) is 49.1. The van der Waals surface area contributed by atoms with Gasteiger partial charge in [0.1, 0.15) is 17.1 Å². The Morgan fingerprint density at radius 3 is 2.45 bits per heavy atom. The number of hydrogen-bond donors (Lipinski definition) is 2. The molecule has 0 radical (unpaired) electrons. The van der Waals surface area contributed by atoms with Crippen molar-refractivity contribution in [1.29, 1.82) is 0 Å². The Labute approximate surface area is 407 Å². The van der Waals surface area contributed by atoms with Gasteiger partial charge in [-0.05, 0) is 90.6 Å². The van der Waals surface area contributed by atoms with Crippen LogP contribution in [0.3, 0.4) is 0 Å². The molecule has 69 heavy (non-hydrogen) atoms. The summed E-state index contributed by atoms with van der Waals surface area (Å²) in [5.41, 5.74) is 5.56. The molecule has 1 atom stereocenters. The van der Waals surface area contributed by atoms with Crippen molar-refractivity contribution < 1.29 is 36.6 Å². The van der Waals surface area contributed by atoms with E-state index in [0.29, 0.717) is 49.7 Å². The van der Waals surface area contributed by atoms with Gasteiger partial charge in [-0.1, -0.05) is 56.1 Å². The number of rotatable bonds is 14. The van der Waals surface area contributed by atoms with Crippen LogP contribution in [0.5, 0.6) is 11.5 Å². The number of H-pyrrole nitrogens is 1. The number of nitrogens with one attached hydrogen (secondary N) is 2. The number of pyridine rings is 1. The number of nitro benzene ring substituents is 1. The van der Waals surface area contributed by atoms with Crippen LogP contribution in [0, 0.1) is 21.4 Å². The Bertz CT molecular complexity index is 3020. The predicted octanol–water partition coefficient (Wildman–Crippen LogP) is 8.55. The number of halogens is 1. The zero-order valence-electron chi connectivity index (χ0n) is 39.1. The third-order valence-electron chi connectivity index (χ3n) is 13.1. The molecule has 4 heterocycles. The molecule has 8 rings (SSSR count). The Kier molecular flexibility index (Phi) is 14.8. The molecule has 0 saturated carbocycles. The largest absolute Gasteiger partial charge is 0.455 e. The molecular formula is C49H57ClN8O9S2. The lowest BCUT2D eigenvalue weighted by Gasteiger charge is -2.39. The maximum absolute atomic E-state index is 14.0. The summed E-state index contributed by atoms with van der Waals surface area (Å²) in [7, 11) is -6.17. The number of anilines is 1. The standard InChI is InChI=1S/C49H57ClN8O9S2/c1-33(31-56-21-23-68(63,24-22-56)54-48(60)66-4)25-35-7-11-41(28-44(35)58(61)62)69(64,65)53-47(59)42-12-10-39(27-45(42)67-40-26-36-14-16-51-46(36)52-30-40)57-19-17-55(18-20-57)32-37-13-15-49(2,3)29-43(37)34-5-8-38(50)9-6-34/h5-12,14,16,26-28,30,33H,13,15,17-25,29,31-32H2,1-4H3,(H,51,52)(H,53,59)/t33-/m1/s1.